The molecule has 106 valence electrons. The molecule has 6 heteroatoms. The fourth-order valence-electron chi connectivity index (χ4n) is 1.50. The van der Waals surface area contributed by atoms with Crippen LogP contribution in [0.1, 0.15) is 5.56 Å². The molecule has 0 unspecified atom stereocenters. The summed E-state index contributed by atoms with van der Waals surface area (Å²) in [5.41, 5.74) is 0.767. The topological polar surface area (TPSA) is 41.6 Å². The summed E-state index contributed by atoms with van der Waals surface area (Å²) in [6, 6.07) is 6.09. The quantitative estimate of drug-likeness (QED) is 0.818. The van der Waals surface area contributed by atoms with Crippen molar-refractivity contribution in [2.45, 2.75) is 13.0 Å². The van der Waals surface area contributed by atoms with Crippen LogP contribution >= 0.6 is 0 Å². The van der Waals surface area contributed by atoms with Crippen molar-refractivity contribution < 1.29 is 18.3 Å². The Morgan fingerprint density at radius 1 is 1.37 bits per heavy atom. The zero-order valence-electron chi connectivity index (χ0n) is 11.0. The summed E-state index contributed by atoms with van der Waals surface area (Å²) in [7, 11) is 3.55. The number of likely N-dealkylation sites (N-methyl/N-ethyl adjacent to an activating group) is 2. The highest BCUT2D eigenvalue weighted by atomic mass is 19.3. The number of benzene rings is 1. The van der Waals surface area contributed by atoms with Crippen molar-refractivity contribution in [3.8, 4) is 5.75 Å². The standard InChI is InChI=1S/C13H18F2N2O2/c1-16-7-8-17(2)12(18)9-10-3-5-11(6-4-10)19-13(14)15/h3-6,13,16H,7-9H2,1-2H3. The summed E-state index contributed by atoms with van der Waals surface area (Å²) in [6.07, 6.45) is 0.245. The second kappa shape index (κ2) is 7.68. The number of nitrogens with zero attached hydrogens (tertiary/aromatic N) is 1. The zero-order valence-corrected chi connectivity index (χ0v) is 11.0. The summed E-state index contributed by atoms with van der Waals surface area (Å²) >= 11 is 0. The third-order valence-corrected chi connectivity index (χ3v) is 2.63. The van der Waals surface area contributed by atoms with Crippen molar-refractivity contribution in [1.29, 1.82) is 0 Å². The largest absolute Gasteiger partial charge is 0.435 e. The van der Waals surface area contributed by atoms with Crippen LogP contribution in [0.5, 0.6) is 5.75 Å². The molecule has 0 saturated heterocycles. The van der Waals surface area contributed by atoms with Gasteiger partial charge in [0.2, 0.25) is 5.91 Å². The maximum absolute atomic E-state index is 12.0. The first-order chi connectivity index (χ1) is 9.02. The van der Waals surface area contributed by atoms with Crippen LogP contribution in [0.4, 0.5) is 8.78 Å². The molecule has 0 aromatic heterocycles. The maximum Gasteiger partial charge on any atom is 0.387 e. The third kappa shape index (κ3) is 5.65. The highest BCUT2D eigenvalue weighted by Gasteiger charge is 2.09. The van der Waals surface area contributed by atoms with E-state index in [1.165, 1.54) is 12.1 Å². The van der Waals surface area contributed by atoms with E-state index in [-0.39, 0.29) is 18.1 Å². The third-order valence-electron chi connectivity index (χ3n) is 2.63. The number of carbonyl (C=O) groups is 1. The Morgan fingerprint density at radius 2 is 2.00 bits per heavy atom. The molecule has 0 bridgehead atoms. The molecule has 0 saturated carbocycles. The molecular weight excluding hydrogens is 254 g/mol. The lowest BCUT2D eigenvalue weighted by atomic mass is 10.1. The minimum Gasteiger partial charge on any atom is -0.435 e. The average Bonchev–Trinajstić information content (AvgIpc) is 2.37. The van der Waals surface area contributed by atoms with Crippen molar-refractivity contribution >= 4 is 5.91 Å². The van der Waals surface area contributed by atoms with Crippen LogP contribution in [0.15, 0.2) is 24.3 Å². The Balaban J connectivity index is 2.50. The predicted octanol–water partition coefficient (Wildman–Crippen LogP) is 1.51. The van der Waals surface area contributed by atoms with E-state index in [2.05, 4.69) is 10.1 Å². The molecule has 0 spiro atoms. The second-order valence-corrected chi connectivity index (χ2v) is 4.12. The lowest BCUT2D eigenvalue weighted by molar-refractivity contribution is -0.129. The van der Waals surface area contributed by atoms with Gasteiger partial charge in [-0.15, -0.1) is 0 Å². The molecular formula is C13H18F2N2O2. The Morgan fingerprint density at radius 3 is 2.53 bits per heavy atom. The molecule has 0 aliphatic rings. The van der Waals surface area contributed by atoms with E-state index in [9.17, 15) is 13.6 Å². The summed E-state index contributed by atoms with van der Waals surface area (Å²) < 4.78 is 28.2. The molecule has 1 aromatic carbocycles. The first kappa shape index (κ1) is 15.4. The van der Waals surface area contributed by atoms with Crippen LogP contribution in [-0.4, -0.2) is 44.6 Å². The van der Waals surface area contributed by atoms with Crippen LogP contribution in [0.3, 0.4) is 0 Å². The fourth-order valence-corrected chi connectivity index (χ4v) is 1.50. The minimum atomic E-state index is -2.83. The van der Waals surface area contributed by atoms with Crippen molar-refractivity contribution in [1.82, 2.24) is 10.2 Å². The fraction of sp³-hybridized carbons (Fsp3) is 0.462. The summed E-state index contributed by atoms with van der Waals surface area (Å²) in [5, 5.41) is 2.96. The van der Waals surface area contributed by atoms with E-state index >= 15 is 0 Å². The van der Waals surface area contributed by atoms with Crippen LogP contribution < -0.4 is 10.1 Å². The molecule has 0 atom stereocenters. The van der Waals surface area contributed by atoms with Gasteiger partial charge in [-0.1, -0.05) is 12.1 Å². The molecule has 0 radical (unpaired) electrons. The van der Waals surface area contributed by atoms with Gasteiger partial charge in [0.25, 0.3) is 0 Å². The number of ether oxygens (including phenoxy) is 1. The highest BCUT2D eigenvalue weighted by Crippen LogP contribution is 2.15. The number of alkyl halides is 2. The van der Waals surface area contributed by atoms with Crippen molar-refractivity contribution in [2.75, 3.05) is 27.2 Å². The van der Waals surface area contributed by atoms with E-state index in [4.69, 9.17) is 0 Å². The van der Waals surface area contributed by atoms with Gasteiger partial charge in [-0.25, -0.2) is 0 Å². The molecule has 1 N–H and O–H groups in total. The van der Waals surface area contributed by atoms with E-state index in [1.54, 1.807) is 24.1 Å². The second-order valence-electron chi connectivity index (χ2n) is 4.12. The number of halogens is 2. The van der Waals surface area contributed by atoms with Gasteiger partial charge in [-0.3, -0.25) is 4.79 Å². The van der Waals surface area contributed by atoms with Crippen molar-refractivity contribution in [3.05, 3.63) is 29.8 Å². The first-order valence-corrected chi connectivity index (χ1v) is 5.95. The monoisotopic (exact) mass is 272 g/mol. The van der Waals surface area contributed by atoms with Gasteiger partial charge < -0.3 is 15.0 Å². The number of nitrogens with one attached hydrogen (secondary N) is 1. The Labute approximate surface area is 111 Å². The summed E-state index contributed by atoms with van der Waals surface area (Å²) in [6.45, 7) is -1.48. The van der Waals surface area contributed by atoms with Gasteiger partial charge >= 0.3 is 6.61 Å². The molecule has 19 heavy (non-hydrogen) atoms. The lowest BCUT2D eigenvalue weighted by Crippen LogP contribution is -2.33. The zero-order chi connectivity index (χ0) is 14.3. The van der Waals surface area contributed by atoms with Gasteiger partial charge in [0.15, 0.2) is 0 Å². The predicted molar refractivity (Wildman–Crippen MR) is 68.3 cm³/mol. The van der Waals surface area contributed by atoms with Crippen LogP contribution in [0, 0.1) is 0 Å². The normalized spacial score (nSPS) is 10.6. The van der Waals surface area contributed by atoms with E-state index in [1.807, 2.05) is 7.05 Å². The molecule has 0 aliphatic heterocycles. The Kier molecular flexibility index (Phi) is 6.21. The van der Waals surface area contributed by atoms with Gasteiger partial charge in [-0.2, -0.15) is 8.78 Å². The number of rotatable bonds is 7. The van der Waals surface area contributed by atoms with E-state index in [0.29, 0.717) is 6.54 Å². The summed E-state index contributed by atoms with van der Waals surface area (Å²) in [4.78, 5) is 13.5. The van der Waals surface area contributed by atoms with Crippen molar-refractivity contribution in [3.63, 3.8) is 0 Å². The summed E-state index contributed by atoms with van der Waals surface area (Å²) in [5.74, 6) is 0.0764. The molecule has 1 aromatic rings. The maximum atomic E-state index is 12.0. The Bertz CT molecular complexity index is 396. The van der Waals surface area contributed by atoms with Gasteiger partial charge in [0.1, 0.15) is 5.75 Å². The van der Waals surface area contributed by atoms with Crippen LogP contribution in [0.25, 0.3) is 0 Å². The number of amides is 1. The molecule has 0 aliphatic carbocycles. The molecule has 1 amide bonds. The van der Waals surface area contributed by atoms with Crippen LogP contribution in [-0.2, 0) is 11.2 Å². The van der Waals surface area contributed by atoms with E-state index in [0.717, 1.165) is 12.1 Å². The molecule has 1 rings (SSSR count). The molecule has 0 fully saturated rings. The minimum absolute atomic E-state index is 0.0159. The highest BCUT2D eigenvalue weighted by molar-refractivity contribution is 5.78. The van der Waals surface area contributed by atoms with Gasteiger partial charge in [0, 0.05) is 20.1 Å². The molecule has 4 nitrogen and oxygen atoms in total. The number of hydrogen-bond acceptors (Lipinski definition) is 3. The van der Waals surface area contributed by atoms with Crippen molar-refractivity contribution in [2.24, 2.45) is 0 Å². The smallest absolute Gasteiger partial charge is 0.387 e. The first-order valence-electron chi connectivity index (χ1n) is 5.95. The van der Waals surface area contributed by atoms with E-state index < -0.39 is 6.61 Å². The Hall–Kier alpha value is -1.69. The van der Waals surface area contributed by atoms with Gasteiger partial charge in [-0.05, 0) is 24.7 Å². The number of hydrogen-bond donors (Lipinski definition) is 1. The van der Waals surface area contributed by atoms with Gasteiger partial charge in [0.05, 0.1) is 6.42 Å². The lowest BCUT2D eigenvalue weighted by Gasteiger charge is -2.16. The number of carbonyl (C=O) groups excluding carboxylic acids is 1. The SMILES string of the molecule is CNCCN(C)C(=O)Cc1ccc(OC(F)F)cc1. The van der Waals surface area contributed by atoms with Crippen LogP contribution in [0.2, 0.25) is 0 Å². The average molecular weight is 272 g/mol. The molecule has 0 heterocycles.